The molecule has 2 rings (SSSR count). The number of anilines is 1. The van der Waals surface area contributed by atoms with Crippen LogP contribution in [0.5, 0.6) is 0 Å². The van der Waals surface area contributed by atoms with Crippen molar-refractivity contribution in [2.24, 2.45) is 5.92 Å². The Balaban J connectivity index is 1.86. The minimum Gasteiger partial charge on any atom is -0.367 e. The van der Waals surface area contributed by atoms with Crippen LogP contribution in [0.2, 0.25) is 0 Å². The first kappa shape index (κ1) is 19.7. The Morgan fingerprint density at radius 2 is 2.00 bits per heavy atom. The van der Waals surface area contributed by atoms with Crippen molar-refractivity contribution in [1.82, 2.24) is 10.1 Å². The molecule has 26 heavy (non-hydrogen) atoms. The number of carbonyl (C=O) groups is 2. The second-order valence-electron chi connectivity index (χ2n) is 6.52. The number of ether oxygens (including phenoxy) is 1. The Morgan fingerprint density at radius 1 is 1.27 bits per heavy atom. The van der Waals surface area contributed by atoms with E-state index < -0.39 is 0 Å². The van der Waals surface area contributed by atoms with Gasteiger partial charge in [0, 0.05) is 12.6 Å². The van der Waals surface area contributed by atoms with Gasteiger partial charge in [0.15, 0.2) is 5.82 Å². The number of aryl methyl sites for hydroxylation is 1. The third-order valence-corrected chi connectivity index (χ3v) is 3.51. The third-order valence-electron chi connectivity index (χ3n) is 3.51. The molecule has 0 aliphatic heterocycles. The van der Waals surface area contributed by atoms with E-state index in [-0.39, 0.29) is 30.9 Å². The summed E-state index contributed by atoms with van der Waals surface area (Å²) in [6.07, 6.45) is 0. The normalized spacial score (nSPS) is 10.8. The zero-order valence-corrected chi connectivity index (χ0v) is 15.4. The highest BCUT2D eigenvalue weighted by Crippen LogP contribution is 2.08. The minimum atomic E-state index is -0.324. The van der Waals surface area contributed by atoms with Crippen LogP contribution in [0.4, 0.5) is 5.82 Å². The Morgan fingerprint density at radius 3 is 2.62 bits per heavy atom. The molecule has 0 aliphatic rings. The van der Waals surface area contributed by atoms with Gasteiger partial charge in [-0.05, 0) is 18.4 Å². The SMILES string of the molecule is Cc1cc(NC(=O)CN(CC(C)C)C(=O)COCc2ccccc2)no1. The van der Waals surface area contributed by atoms with Crippen molar-refractivity contribution in [3.05, 3.63) is 47.7 Å². The topological polar surface area (TPSA) is 84.7 Å². The van der Waals surface area contributed by atoms with Crippen LogP contribution >= 0.6 is 0 Å². The van der Waals surface area contributed by atoms with E-state index in [0.717, 1.165) is 5.56 Å². The van der Waals surface area contributed by atoms with Gasteiger partial charge in [0.25, 0.3) is 0 Å². The number of nitrogens with one attached hydrogen (secondary N) is 1. The summed E-state index contributed by atoms with van der Waals surface area (Å²) in [5.74, 6) is 0.626. The Labute approximate surface area is 153 Å². The summed E-state index contributed by atoms with van der Waals surface area (Å²) in [5, 5.41) is 6.34. The average Bonchev–Trinajstić information content (AvgIpc) is 2.99. The van der Waals surface area contributed by atoms with Crippen LogP contribution in [0.15, 0.2) is 40.9 Å². The molecule has 0 atom stereocenters. The van der Waals surface area contributed by atoms with Gasteiger partial charge in [-0.1, -0.05) is 49.3 Å². The molecule has 0 unspecified atom stereocenters. The number of rotatable bonds is 9. The highest BCUT2D eigenvalue weighted by Gasteiger charge is 2.19. The lowest BCUT2D eigenvalue weighted by molar-refractivity contribution is -0.139. The van der Waals surface area contributed by atoms with E-state index in [1.54, 1.807) is 13.0 Å². The lowest BCUT2D eigenvalue weighted by atomic mass is 10.2. The van der Waals surface area contributed by atoms with Crippen LogP contribution < -0.4 is 5.32 Å². The molecule has 2 amide bonds. The fraction of sp³-hybridized carbons (Fsp3) is 0.421. The second-order valence-corrected chi connectivity index (χ2v) is 6.52. The number of benzene rings is 1. The van der Waals surface area contributed by atoms with Gasteiger partial charge in [-0.15, -0.1) is 0 Å². The van der Waals surface area contributed by atoms with Crippen LogP contribution in [-0.4, -0.2) is 41.6 Å². The van der Waals surface area contributed by atoms with Crippen LogP contribution in [0.3, 0.4) is 0 Å². The summed E-state index contributed by atoms with van der Waals surface area (Å²) in [7, 11) is 0. The lowest BCUT2D eigenvalue weighted by Gasteiger charge is -2.23. The van der Waals surface area contributed by atoms with Crippen LogP contribution in [0.25, 0.3) is 0 Å². The quantitative estimate of drug-likeness (QED) is 0.744. The van der Waals surface area contributed by atoms with Crippen LogP contribution in [0.1, 0.15) is 25.2 Å². The fourth-order valence-electron chi connectivity index (χ4n) is 2.40. The van der Waals surface area contributed by atoms with Gasteiger partial charge in [-0.3, -0.25) is 9.59 Å². The number of nitrogens with zero attached hydrogens (tertiary/aromatic N) is 2. The molecule has 2 aromatic rings. The van der Waals surface area contributed by atoms with Crippen LogP contribution in [-0.2, 0) is 20.9 Å². The summed E-state index contributed by atoms with van der Waals surface area (Å²) in [5.41, 5.74) is 0.995. The van der Waals surface area contributed by atoms with Crippen molar-refractivity contribution >= 4 is 17.6 Å². The molecule has 0 aliphatic carbocycles. The van der Waals surface area contributed by atoms with Crippen molar-refractivity contribution in [1.29, 1.82) is 0 Å². The first-order chi connectivity index (χ1) is 12.4. The van der Waals surface area contributed by atoms with Gasteiger partial charge in [0.1, 0.15) is 12.4 Å². The van der Waals surface area contributed by atoms with Crippen molar-refractivity contribution in [3.8, 4) is 0 Å². The van der Waals surface area contributed by atoms with Gasteiger partial charge in [0.05, 0.1) is 13.2 Å². The van der Waals surface area contributed by atoms with E-state index in [4.69, 9.17) is 9.26 Å². The van der Waals surface area contributed by atoms with Gasteiger partial charge in [-0.25, -0.2) is 0 Å². The molecular weight excluding hydrogens is 334 g/mol. The summed E-state index contributed by atoms with van der Waals surface area (Å²) in [6, 6.07) is 11.2. The zero-order valence-electron chi connectivity index (χ0n) is 15.4. The number of hydrogen-bond acceptors (Lipinski definition) is 5. The van der Waals surface area contributed by atoms with Crippen molar-refractivity contribution in [2.75, 3.05) is 25.0 Å². The summed E-state index contributed by atoms with van der Waals surface area (Å²) >= 11 is 0. The van der Waals surface area contributed by atoms with E-state index in [9.17, 15) is 9.59 Å². The van der Waals surface area contributed by atoms with E-state index >= 15 is 0 Å². The summed E-state index contributed by atoms with van der Waals surface area (Å²) < 4.78 is 10.4. The number of amides is 2. The highest BCUT2D eigenvalue weighted by molar-refractivity contribution is 5.93. The van der Waals surface area contributed by atoms with Gasteiger partial charge >= 0.3 is 0 Å². The summed E-state index contributed by atoms with van der Waals surface area (Å²) in [6.45, 7) is 6.41. The Kier molecular flexibility index (Phi) is 7.35. The molecule has 7 heteroatoms. The first-order valence-corrected chi connectivity index (χ1v) is 8.56. The van der Waals surface area contributed by atoms with Gasteiger partial charge in [-0.2, -0.15) is 0 Å². The van der Waals surface area contributed by atoms with Crippen LogP contribution in [0, 0.1) is 12.8 Å². The fourth-order valence-corrected chi connectivity index (χ4v) is 2.40. The predicted molar refractivity (Wildman–Crippen MR) is 97.4 cm³/mol. The molecule has 140 valence electrons. The number of hydrogen-bond donors (Lipinski definition) is 1. The standard InChI is InChI=1S/C19H25N3O4/c1-14(2)10-22(11-18(23)20-17-9-15(3)26-21-17)19(24)13-25-12-16-7-5-4-6-8-16/h4-9,14H,10-13H2,1-3H3,(H,20,21,23). The molecule has 0 radical (unpaired) electrons. The summed E-state index contributed by atoms with van der Waals surface area (Å²) in [4.78, 5) is 26.1. The zero-order chi connectivity index (χ0) is 18.9. The molecule has 0 spiro atoms. The van der Waals surface area contributed by atoms with E-state index in [0.29, 0.717) is 24.7 Å². The molecule has 1 N–H and O–H groups in total. The molecule has 0 bridgehead atoms. The molecule has 1 aromatic carbocycles. The van der Waals surface area contributed by atoms with E-state index in [1.807, 2.05) is 44.2 Å². The molecule has 7 nitrogen and oxygen atoms in total. The van der Waals surface area contributed by atoms with E-state index in [2.05, 4.69) is 10.5 Å². The smallest absolute Gasteiger partial charge is 0.249 e. The maximum absolute atomic E-state index is 12.4. The van der Waals surface area contributed by atoms with Gasteiger partial charge < -0.3 is 19.5 Å². The van der Waals surface area contributed by atoms with Crippen molar-refractivity contribution in [3.63, 3.8) is 0 Å². The Bertz CT molecular complexity index is 713. The third kappa shape index (κ3) is 6.68. The Hall–Kier alpha value is -2.67. The molecule has 0 fully saturated rings. The number of aromatic nitrogens is 1. The van der Waals surface area contributed by atoms with E-state index in [1.165, 1.54) is 4.90 Å². The molecule has 1 heterocycles. The number of carbonyl (C=O) groups excluding carboxylic acids is 2. The maximum atomic E-state index is 12.4. The molecule has 0 saturated heterocycles. The lowest BCUT2D eigenvalue weighted by Crippen LogP contribution is -2.42. The van der Waals surface area contributed by atoms with Crippen molar-refractivity contribution < 1.29 is 18.8 Å². The van der Waals surface area contributed by atoms with Crippen molar-refractivity contribution in [2.45, 2.75) is 27.4 Å². The molecular formula is C19H25N3O4. The minimum absolute atomic E-state index is 0.0579. The molecule has 0 saturated carbocycles. The first-order valence-electron chi connectivity index (χ1n) is 8.56. The molecule has 1 aromatic heterocycles. The monoisotopic (exact) mass is 359 g/mol. The van der Waals surface area contributed by atoms with Gasteiger partial charge in [0.2, 0.25) is 11.8 Å². The highest BCUT2D eigenvalue weighted by atomic mass is 16.5. The predicted octanol–water partition coefficient (Wildman–Crippen LogP) is 2.62. The largest absolute Gasteiger partial charge is 0.367 e. The second kappa shape index (κ2) is 9.72. The maximum Gasteiger partial charge on any atom is 0.249 e. The average molecular weight is 359 g/mol.